The van der Waals surface area contributed by atoms with Crippen LogP contribution < -0.4 is 4.74 Å². The third-order valence-electron chi connectivity index (χ3n) is 3.79. The number of halogens is 3. The Kier molecular flexibility index (Phi) is 6.06. The molecule has 1 heterocycles. The summed E-state index contributed by atoms with van der Waals surface area (Å²) in [5.41, 5.74) is -0.889. The number of nitrogens with zero attached hydrogens (tertiary/aromatic N) is 2. The van der Waals surface area contributed by atoms with Gasteiger partial charge in [0.15, 0.2) is 6.61 Å². The Morgan fingerprint density at radius 2 is 1.88 bits per heavy atom. The molecule has 1 amide bonds. The summed E-state index contributed by atoms with van der Waals surface area (Å²) in [6.07, 6.45) is -4.96. The van der Waals surface area contributed by atoms with Crippen molar-refractivity contribution in [3.63, 3.8) is 0 Å². The molecule has 1 fully saturated rings. The molecular weight excluding hydrogens is 325 g/mol. The largest absolute Gasteiger partial charge is 0.483 e. The van der Waals surface area contributed by atoms with Crippen LogP contribution in [0, 0.1) is 0 Å². The summed E-state index contributed by atoms with van der Waals surface area (Å²) in [5, 5.41) is 9.35. The molecule has 1 saturated heterocycles. The Balaban J connectivity index is 1.87. The molecule has 5 nitrogen and oxygen atoms in total. The average molecular weight is 346 g/mol. The molecule has 24 heavy (non-hydrogen) atoms. The van der Waals surface area contributed by atoms with Crippen molar-refractivity contribution in [2.75, 3.05) is 39.3 Å². The molecule has 0 aromatic heterocycles. The van der Waals surface area contributed by atoms with Gasteiger partial charge < -0.3 is 14.7 Å². The fraction of sp³-hybridized carbons (Fsp3) is 0.562. The molecule has 0 bridgehead atoms. The lowest BCUT2D eigenvalue weighted by Crippen LogP contribution is -2.51. The van der Waals surface area contributed by atoms with E-state index in [-0.39, 0.29) is 11.7 Å². The molecule has 0 unspecified atom stereocenters. The van der Waals surface area contributed by atoms with Crippen molar-refractivity contribution in [3.05, 3.63) is 29.8 Å². The van der Waals surface area contributed by atoms with Crippen molar-refractivity contribution < 1.29 is 27.8 Å². The fourth-order valence-electron chi connectivity index (χ4n) is 2.61. The topological polar surface area (TPSA) is 53.0 Å². The van der Waals surface area contributed by atoms with E-state index in [0.29, 0.717) is 32.7 Å². The lowest BCUT2D eigenvalue weighted by Gasteiger charge is -2.35. The number of hydrogen-bond donors (Lipinski definition) is 1. The van der Waals surface area contributed by atoms with E-state index in [1.807, 2.05) is 4.90 Å². The van der Waals surface area contributed by atoms with E-state index < -0.39 is 24.5 Å². The number of hydrogen-bond acceptors (Lipinski definition) is 4. The number of amides is 1. The SMILES string of the molecule is C[C@H](O)CN1CCN(C(=O)COc2ccccc2C(F)(F)F)CC1. The van der Waals surface area contributed by atoms with Gasteiger partial charge in [-0.2, -0.15) is 13.2 Å². The summed E-state index contributed by atoms with van der Waals surface area (Å²) in [6, 6.07) is 4.84. The molecular formula is C16H21F3N2O3. The van der Waals surface area contributed by atoms with Crippen molar-refractivity contribution in [1.29, 1.82) is 0 Å². The third-order valence-corrected chi connectivity index (χ3v) is 3.79. The van der Waals surface area contributed by atoms with Crippen molar-refractivity contribution in [3.8, 4) is 5.75 Å². The first-order valence-corrected chi connectivity index (χ1v) is 7.74. The zero-order valence-corrected chi connectivity index (χ0v) is 13.4. The van der Waals surface area contributed by atoms with E-state index in [2.05, 4.69) is 0 Å². The van der Waals surface area contributed by atoms with Gasteiger partial charge in [-0.25, -0.2) is 0 Å². The predicted molar refractivity (Wildman–Crippen MR) is 81.6 cm³/mol. The average Bonchev–Trinajstić information content (AvgIpc) is 2.52. The Labute approximate surface area is 138 Å². The number of β-amino-alcohol motifs (C(OH)–C–C–N with tert-alkyl or cyclic N) is 1. The zero-order chi connectivity index (χ0) is 17.7. The molecule has 2 rings (SSSR count). The molecule has 1 atom stereocenters. The number of carbonyl (C=O) groups excluding carboxylic acids is 1. The number of ether oxygens (including phenoxy) is 1. The van der Waals surface area contributed by atoms with E-state index in [1.165, 1.54) is 18.2 Å². The molecule has 1 N–H and O–H groups in total. The second-order valence-corrected chi connectivity index (χ2v) is 5.81. The highest BCUT2D eigenvalue weighted by atomic mass is 19.4. The normalized spacial score (nSPS) is 17.6. The zero-order valence-electron chi connectivity index (χ0n) is 13.4. The van der Waals surface area contributed by atoms with Crippen molar-refractivity contribution >= 4 is 5.91 Å². The quantitative estimate of drug-likeness (QED) is 0.880. The van der Waals surface area contributed by atoms with Gasteiger partial charge in [-0.05, 0) is 19.1 Å². The first-order chi connectivity index (χ1) is 11.3. The fourth-order valence-corrected chi connectivity index (χ4v) is 2.61. The van der Waals surface area contributed by atoms with Crippen LogP contribution >= 0.6 is 0 Å². The molecule has 0 saturated carbocycles. The third kappa shape index (κ3) is 5.10. The standard InChI is InChI=1S/C16H21F3N2O3/c1-12(22)10-20-6-8-21(9-7-20)15(23)11-24-14-5-3-2-4-13(14)16(17,18)19/h2-5,12,22H,6-11H2,1H3/t12-/m0/s1. The Bertz CT molecular complexity index is 556. The van der Waals surface area contributed by atoms with Gasteiger partial charge in [0.1, 0.15) is 5.75 Å². The van der Waals surface area contributed by atoms with Gasteiger partial charge >= 0.3 is 6.18 Å². The lowest BCUT2D eigenvalue weighted by molar-refractivity contribution is -0.141. The van der Waals surface area contributed by atoms with Gasteiger partial charge in [0.2, 0.25) is 0 Å². The first-order valence-electron chi connectivity index (χ1n) is 7.74. The van der Waals surface area contributed by atoms with E-state index in [1.54, 1.807) is 11.8 Å². The van der Waals surface area contributed by atoms with Crippen LogP contribution in [-0.2, 0) is 11.0 Å². The van der Waals surface area contributed by atoms with E-state index in [4.69, 9.17) is 4.74 Å². The van der Waals surface area contributed by atoms with Gasteiger partial charge in [-0.3, -0.25) is 9.69 Å². The maximum Gasteiger partial charge on any atom is 0.419 e. The molecule has 1 aromatic rings. The monoisotopic (exact) mass is 346 g/mol. The Hall–Kier alpha value is -1.80. The van der Waals surface area contributed by atoms with Crippen LogP contribution in [0.25, 0.3) is 0 Å². The van der Waals surface area contributed by atoms with Crippen LogP contribution in [0.1, 0.15) is 12.5 Å². The molecule has 8 heteroatoms. The molecule has 1 aliphatic heterocycles. The summed E-state index contributed by atoms with van der Waals surface area (Å²) < 4.78 is 43.7. The van der Waals surface area contributed by atoms with Gasteiger partial charge in [-0.1, -0.05) is 12.1 Å². The maximum absolute atomic E-state index is 12.9. The van der Waals surface area contributed by atoms with Crippen molar-refractivity contribution in [1.82, 2.24) is 9.80 Å². The van der Waals surface area contributed by atoms with Crippen LogP contribution in [0.5, 0.6) is 5.75 Å². The maximum atomic E-state index is 12.9. The second-order valence-electron chi connectivity index (χ2n) is 5.81. The number of alkyl halides is 3. The lowest BCUT2D eigenvalue weighted by atomic mass is 10.2. The molecule has 1 aromatic carbocycles. The molecule has 1 aliphatic rings. The summed E-state index contributed by atoms with van der Waals surface area (Å²) in [6.45, 7) is 3.99. The van der Waals surface area contributed by atoms with Gasteiger partial charge in [0, 0.05) is 32.7 Å². The van der Waals surface area contributed by atoms with E-state index in [0.717, 1.165) is 6.07 Å². The summed E-state index contributed by atoms with van der Waals surface area (Å²) in [5.74, 6) is -0.685. The minimum atomic E-state index is -4.52. The first kappa shape index (κ1) is 18.5. The molecule has 134 valence electrons. The molecule has 0 spiro atoms. The highest BCUT2D eigenvalue weighted by molar-refractivity contribution is 5.78. The van der Waals surface area contributed by atoms with Crippen LogP contribution in [0.2, 0.25) is 0 Å². The number of benzene rings is 1. The molecule has 0 aliphatic carbocycles. The molecule has 0 radical (unpaired) electrons. The number of aliphatic hydroxyl groups is 1. The minimum Gasteiger partial charge on any atom is -0.483 e. The highest BCUT2D eigenvalue weighted by Gasteiger charge is 2.34. The summed E-state index contributed by atoms with van der Waals surface area (Å²) >= 11 is 0. The number of piperazine rings is 1. The van der Waals surface area contributed by atoms with Crippen molar-refractivity contribution in [2.24, 2.45) is 0 Å². The second kappa shape index (κ2) is 7.85. The van der Waals surface area contributed by atoms with Crippen LogP contribution in [0.4, 0.5) is 13.2 Å². The van der Waals surface area contributed by atoms with Crippen LogP contribution in [-0.4, -0.2) is 66.2 Å². The van der Waals surface area contributed by atoms with Gasteiger partial charge in [0.05, 0.1) is 11.7 Å². The van der Waals surface area contributed by atoms with Crippen LogP contribution in [0.15, 0.2) is 24.3 Å². The number of rotatable bonds is 5. The van der Waals surface area contributed by atoms with Gasteiger partial charge in [-0.15, -0.1) is 0 Å². The number of aliphatic hydroxyl groups excluding tert-OH is 1. The van der Waals surface area contributed by atoms with E-state index in [9.17, 15) is 23.1 Å². The Morgan fingerprint density at radius 3 is 2.46 bits per heavy atom. The number of para-hydroxylation sites is 1. The van der Waals surface area contributed by atoms with E-state index >= 15 is 0 Å². The minimum absolute atomic E-state index is 0.342. The number of carbonyl (C=O) groups is 1. The van der Waals surface area contributed by atoms with Gasteiger partial charge in [0.25, 0.3) is 5.91 Å². The summed E-state index contributed by atoms with van der Waals surface area (Å²) in [7, 11) is 0. The van der Waals surface area contributed by atoms with Crippen LogP contribution in [0.3, 0.4) is 0 Å². The highest BCUT2D eigenvalue weighted by Crippen LogP contribution is 2.35. The Morgan fingerprint density at radius 1 is 1.25 bits per heavy atom. The predicted octanol–water partition coefficient (Wildman–Crippen LogP) is 1.61. The summed E-state index contributed by atoms with van der Waals surface area (Å²) in [4.78, 5) is 15.7. The van der Waals surface area contributed by atoms with Crippen molar-refractivity contribution in [2.45, 2.75) is 19.2 Å². The smallest absolute Gasteiger partial charge is 0.419 e.